The van der Waals surface area contributed by atoms with Crippen LogP contribution in [-0.4, -0.2) is 17.4 Å². The minimum absolute atomic E-state index is 0.0918. The molecular weight excluding hydrogens is 337 g/mol. The number of amides is 1. The molecule has 1 N–H and O–H groups in total. The first-order chi connectivity index (χ1) is 11.3. The number of carbonyl (C=O) groups excluding carboxylic acids is 1. The number of carbonyl (C=O) groups is 1. The third-order valence-corrected chi connectivity index (χ3v) is 5.00. The summed E-state index contributed by atoms with van der Waals surface area (Å²) in [5.41, 5.74) is 0.347. The van der Waals surface area contributed by atoms with Crippen molar-refractivity contribution in [1.29, 1.82) is 0 Å². The normalized spacial score (nSPS) is 14.7. The second-order valence-corrected chi connectivity index (χ2v) is 7.23. The molecule has 1 aromatic heterocycles. The Labute approximate surface area is 141 Å². The molecule has 0 radical (unpaired) electrons. The Morgan fingerprint density at radius 2 is 2.12 bits per heavy atom. The Balaban J connectivity index is 1.74. The van der Waals surface area contributed by atoms with E-state index in [1.165, 1.54) is 17.4 Å². The van der Waals surface area contributed by atoms with Crippen LogP contribution in [0.25, 0.3) is 10.6 Å². The molecular formula is C17H17F3N2OS. The second kappa shape index (κ2) is 6.55. The van der Waals surface area contributed by atoms with Crippen molar-refractivity contribution >= 4 is 17.2 Å². The minimum Gasteiger partial charge on any atom is -0.355 e. The van der Waals surface area contributed by atoms with E-state index in [9.17, 15) is 18.0 Å². The SMILES string of the molecule is Cc1sc(-c2cccc(C(F)(F)F)c2)nc1CC(=O)NCC1CC1. The van der Waals surface area contributed by atoms with Gasteiger partial charge in [0.05, 0.1) is 17.7 Å². The summed E-state index contributed by atoms with van der Waals surface area (Å²) in [6.45, 7) is 2.53. The number of aryl methyl sites for hydroxylation is 1. The van der Waals surface area contributed by atoms with Gasteiger partial charge in [0.25, 0.3) is 0 Å². The molecule has 3 nitrogen and oxygen atoms in total. The van der Waals surface area contributed by atoms with Gasteiger partial charge in [-0.25, -0.2) is 4.98 Å². The fraction of sp³-hybridized carbons (Fsp3) is 0.412. The average Bonchev–Trinajstić information content (AvgIpc) is 3.29. The van der Waals surface area contributed by atoms with Gasteiger partial charge in [-0.3, -0.25) is 4.79 Å². The van der Waals surface area contributed by atoms with Crippen LogP contribution in [0.15, 0.2) is 24.3 Å². The van der Waals surface area contributed by atoms with Crippen LogP contribution in [0.1, 0.15) is 29.0 Å². The van der Waals surface area contributed by atoms with Gasteiger partial charge in [0.15, 0.2) is 0 Å². The fourth-order valence-corrected chi connectivity index (χ4v) is 3.27. The van der Waals surface area contributed by atoms with Crippen molar-refractivity contribution in [1.82, 2.24) is 10.3 Å². The summed E-state index contributed by atoms with van der Waals surface area (Å²) >= 11 is 1.31. The van der Waals surface area contributed by atoms with Crippen molar-refractivity contribution in [2.45, 2.75) is 32.4 Å². The Kier molecular flexibility index (Phi) is 4.62. The monoisotopic (exact) mass is 354 g/mol. The molecule has 7 heteroatoms. The van der Waals surface area contributed by atoms with E-state index >= 15 is 0 Å². The first-order valence-corrected chi connectivity index (χ1v) is 8.55. The minimum atomic E-state index is -4.38. The highest BCUT2D eigenvalue weighted by Crippen LogP contribution is 2.34. The van der Waals surface area contributed by atoms with Crippen LogP contribution in [-0.2, 0) is 17.4 Å². The van der Waals surface area contributed by atoms with Gasteiger partial charge in [-0.2, -0.15) is 13.2 Å². The molecule has 1 amide bonds. The van der Waals surface area contributed by atoms with Gasteiger partial charge in [0, 0.05) is 17.0 Å². The molecule has 0 bridgehead atoms. The van der Waals surface area contributed by atoms with Crippen molar-refractivity contribution < 1.29 is 18.0 Å². The molecule has 1 aromatic carbocycles. The molecule has 1 saturated carbocycles. The molecule has 0 spiro atoms. The highest BCUT2D eigenvalue weighted by Gasteiger charge is 2.30. The maximum atomic E-state index is 12.8. The fourth-order valence-electron chi connectivity index (χ4n) is 2.34. The van der Waals surface area contributed by atoms with Gasteiger partial charge >= 0.3 is 6.18 Å². The average molecular weight is 354 g/mol. The lowest BCUT2D eigenvalue weighted by Crippen LogP contribution is -2.27. The number of rotatable bonds is 5. The summed E-state index contributed by atoms with van der Waals surface area (Å²) in [4.78, 5) is 17.2. The molecule has 1 aliphatic carbocycles. The van der Waals surface area contributed by atoms with E-state index in [0.29, 0.717) is 28.7 Å². The number of halogens is 3. The van der Waals surface area contributed by atoms with Crippen LogP contribution < -0.4 is 5.32 Å². The number of nitrogens with one attached hydrogen (secondary N) is 1. The Morgan fingerprint density at radius 1 is 1.38 bits per heavy atom. The van der Waals surface area contributed by atoms with Crippen LogP contribution >= 0.6 is 11.3 Å². The molecule has 0 aliphatic heterocycles. The highest BCUT2D eigenvalue weighted by molar-refractivity contribution is 7.15. The predicted molar refractivity (Wildman–Crippen MR) is 86.7 cm³/mol. The molecule has 0 unspecified atom stereocenters. The molecule has 1 fully saturated rings. The second-order valence-electron chi connectivity index (χ2n) is 6.02. The summed E-state index contributed by atoms with van der Waals surface area (Å²) in [7, 11) is 0. The van der Waals surface area contributed by atoms with E-state index in [1.807, 2.05) is 6.92 Å². The summed E-state index contributed by atoms with van der Waals surface area (Å²) in [6, 6.07) is 5.10. The Bertz CT molecular complexity index is 751. The lowest BCUT2D eigenvalue weighted by Gasteiger charge is -2.07. The topological polar surface area (TPSA) is 42.0 Å². The third kappa shape index (κ3) is 4.14. The van der Waals surface area contributed by atoms with Gasteiger partial charge in [0.1, 0.15) is 5.01 Å². The number of nitrogens with zero attached hydrogens (tertiary/aromatic N) is 1. The molecule has 24 heavy (non-hydrogen) atoms. The lowest BCUT2D eigenvalue weighted by molar-refractivity contribution is -0.137. The number of thiazole rings is 1. The van der Waals surface area contributed by atoms with Crippen molar-refractivity contribution in [2.24, 2.45) is 5.92 Å². The van der Waals surface area contributed by atoms with E-state index in [2.05, 4.69) is 10.3 Å². The van der Waals surface area contributed by atoms with E-state index in [-0.39, 0.29) is 12.3 Å². The van der Waals surface area contributed by atoms with E-state index in [4.69, 9.17) is 0 Å². The quantitative estimate of drug-likeness (QED) is 0.874. The van der Waals surface area contributed by atoms with E-state index in [1.54, 1.807) is 6.07 Å². The van der Waals surface area contributed by atoms with Gasteiger partial charge in [-0.15, -0.1) is 11.3 Å². The van der Waals surface area contributed by atoms with Crippen molar-refractivity contribution in [2.75, 3.05) is 6.54 Å². The molecule has 1 heterocycles. The molecule has 3 rings (SSSR count). The Hall–Kier alpha value is -1.89. The highest BCUT2D eigenvalue weighted by atomic mass is 32.1. The molecule has 128 valence electrons. The third-order valence-electron chi connectivity index (χ3n) is 3.94. The van der Waals surface area contributed by atoms with Gasteiger partial charge in [-0.05, 0) is 37.8 Å². The first kappa shape index (κ1) is 17.0. The number of alkyl halides is 3. The first-order valence-electron chi connectivity index (χ1n) is 7.73. The summed E-state index contributed by atoms with van der Waals surface area (Å²) in [5, 5.41) is 3.38. The van der Waals surface area contributed by atoms with Crippen LogP contribution in [0.4, 0.5) is 13.2 Å². The van der Waals surface area contributed by atoms with E-state index < -0.39 is 11.7 Å². The lowest BCUT2D eigenvalue weighted by atomic mass is 10.1. The zero-order valence-electron chi connectivity index (χ0n) is 13.1. The summed E-state index contributed by atoms with van der Waals surface area (Å²) in [6.07, 6.45) is -1.90. The molecule has 2 aromatic rings. The number of hydrogen-bond donors (Lipinski definition) is 1. The van der Waals surface area contributed by atoms with Gasteiger partial charge < -0.3 is 5.32 Å². The molecule has 0 saturated heterocycles. The standard InChI is InChI=1S/C17H17F3N2OS/c1-10-14(8-15(23)21-9-11-5-6-11)22-16(24-10)12-3-2-4-13(7-12)17(18,19)20/h2-4,7,11H,5-6,8-9H2,1H3,(H,21,23). The van der Waals surface area contributed by atoms with Crippen LogP contribution in [0.2, 0.25) is 0 Å². The van der Waals surface area contributed by atoms with Crippen LogP contribution in [0.3, 0.4) is 0 Å². The largest absolute Gasteiger partial charge is 0.416 e. The zero-order chi connectivity index (χ0) is 17.3. The smallest absolute Gasteiger partial charge is 0.355 e. The summed E-state index contributed by atoms with van der Waals surface area (Å²) in [5.74, 6) is 0.511. The predicted octanol–water partition coefficient (Wildman–Crippen LogP) is 4.21. The zero-order valence-corrected chi connectivity index (χ0v) is 13.9. The van der Waals surface area contributed by atoms with Gasteiger partial charge in [0.2, 0.25) is 5.91 Å². The van der Waals surface area contributed by atoms with Crippen molar-refractivity contribution in [3.8, 4) is 10.6 Å². The van der Waals surface area contributed by atoms with Crippen molar-refractivity contribution in [3.63, 3.8) is 0 Å². The van der Waals surface area contributed by atoms with Crippen LogP contribution in [0, 0.1) is 12.8 Å². The van der Waals surface area contributed by atoms with E-state index in [0.717, 1.165) is 29.9 Å². The number of aromatic nitrogens is 1. The number of hydrogen-bond acceptors (Lipinski definition) is 3. The van der Waals surface area contributed by atoms with Gasteiger partial charge in [-0.1, -0.05) is 12.1 Å². The molecule has 1 aliphatic rings. The molecule has 0 atom stereocenters. The maximum Gasteiger partial charge on any atom is 0.416 e. The maximum absolute atomic E-state index is 12.8. The summed E-state index contributed by atoms with van der Waals surface area (Å²) < 4.78 is 38.5. The Morgan fingerprint density at radius 3 is 2.79 bits per heavy atom. The number of benzene rings is 1. The van der Waals surface area contributed by atoms with Crippen molar-refractivity contribution in [3.05, 3.63) is 40.4 Å². The van der Waals surface area contributed by atoms with Crippen LogP contribution in [0.5, 0.6) is 0 Å².